The Hall–Kier alpha value is -3.54. The number of nitrogens with two attached hydrogens (primary N) is 1. The maximum absolute atomic E-state index is 11.3. The molecule has 0 radical (unpaired) electrons. The molecule has 3 aromatic carbocycles. The number of carboxylic acids is 1. The molecule has 0 aliphatic carbocycles. The van der Waals surface area contributed by atoms with Crippen molar-refractivity contribution in [2.45, 2.75) is 0 Å². The van der Waals surface area contributed by atoms with Crippen LogP contribution in [0.3, 0.4) is 0 Å². The van der Waals surface area contributed by atoms with Gasteiger partial charge in [-0.3, -0.25) is 4.79 Å². The minimum atomic E-state index is -1.05. The van der Waals surface area contributed by atoms with Crippen molar-refractivity contribution >= 4 is 22.6 Å². The number of primary amides is 1. The van der Waals surface area contributed by atoms with Crippen LogP contribution in [0.15, 0.2) is 54.6 Å². The van der Waals surface area contributed by atoms with E-state index in [1.165, 1.54) is 13.2 Å². The molecule has 0 bridgehead atoms. The average Bonchev–Trinajstić information content (AvgIpc) is 2.65. The van der Waals surface area contributed by atoms with Gasteiger partial charge in [-0.05, 0) is 34.7 Å². The number of rotatable bonds is 6. The summed E-state index contributed by atoms with van der Waals surface area (Å²) in [5, 5.41) is 11.0. The zero-order chi connectivity index (χ0) is 18.7. The van der Waals surface area contributed by atoms with E-state index in [1.807, 2.05) is 30.3 Å². The number of methoxy groups -OCH3 is 1. The number of benzene rings is 3. The fourth-order valence-corrected chi connectivity index (χ4v) is 2.83. The topological polar surface area (TPSA) is 98.9 Å². The number of fused-ring (bicyclic) bond motifs is 1. The van der Waals surface area contributed by atoms with Gasteiger partial charge >= 0.3 is 5.97 Å². The van der Waals surface area contributed by atoms with E-state index in [0.29, 0.717) is 5.75 Å². The van der Waals surface area contributed by atoms with Crippen molar-refractivity contribution in [2.24, 2.45) is 5.73 Å². The first-order chi connectivity index (χ1) is 12.5. The first-order valence-electron chi connectivity index (χ1n) is 7.86. The third-order valence-corrected chi connectivity index (χ3v) is 4.00. The summed E-state index contributed by atoms with van der Waals surface area (Å²) in [6.45, 7) is -0.204. The molecule has 0 spiro atoms. The van der Waals surface area contributed by atoms with E-state index in [1.54, 1.807) is 18.2 Å². The van der Waals surface area contributed by atoms with Gasteiger partial charge in [-0.2, -0.15) is 0 Å². The second-order valence-electron chi connectivity index (χ2n) is 5.63. The lowest BCUT2D eigenvalue weighted by molar-refractivity contribution is -0.119. The molecule has 0 heterocycles. The van der Waals surface area contributed by atoms with Crippen LogP contribution in [-0.4, -0.2) is 30.7 Å². The summed E-state index contributed by atoms with van der Waals surface area (Å²) >= 11 is 0. The van der Waals surface area contributed by atoms with Gasteiger partial charge < -0.3 is 20.3 Å². The standard InChI is InChI=1S/C20H17NO5/c1-25-18-10-12(6-7-16(18)20(23)24)13-8-9-17(26-11-19(21)22)15-5-3-2-4-14(13)15/h2-10H,11H2,1H3,(H2,21,22)(H,23,24). The highest BCUT2D eigenvalue weighted by atomic mass is 16.5. The van der Waals surface area contributed by atoms with Crippen molar-refractivity contribution in [3.8, 4) is 22.6 Å². The van der Waals surface area contributed by atoms with Gasteiger partial charge in [-0.25, -0.2) is 4.79 Å². The predicted molar refractivity (Wildman–Crippen MR) is 97.6 cm³/mol. The molecule has 6 heteroatoms. The molecular weight excluding hydrogens is 334 g/mol. The minimum absolute atomic E-state index is 0.0990. The highest BCUT2D eigenvalue weighted by molar-refractivity contribution is 6.01. The number of hydrogen-bond acceptors (Lipinski definition) is 4. The van der Waals surface area contributed by atoms with Crippen molar-refractivity contribution in [1.82, 2.24) is 0 Å². The third kappa shape index (κ3) is 3.30. The number of hydrogen-bond donors (Lipinski definition) is 2. The summed E-state index contributed by atoms with van der Waals surface area (Å²) < 4.78 is 10.7. The van der Waals surface area contributed by atoms with Crippen molar-refractivity contribution < 1.29 is 24.2 Å². The van der Waals surface area contributed by atoms with Gasteiger partial charge in [0.05, 0.1) is 7.11 Å². The Morgan fingerprint density at radius 3 is 2.38 bits per heavy atom. The van der Waals surface area contributed by atoms with E-state index in [9.17, 15) is 14.7 Å². The van der Waals surface area contributed by atoms with Crippen molar-refractivity contribution in [3.63, 3.8) is 0 Å². The van der Waals surface area contributed by atoms with Crippen LogP contribution in [0.25, 0.3) is 21.9 Å². The van der Waals surface area contributed by atoms with Gasteiger partial charge in [0.1, 0.15) is 17.1 Å². The molecule has 0 saturated heterocycles. The maximum atomic E-state index is 11.3. The Labute approximate surface area is 149 Å². The van der Waals surface area contributed by atoms with Gasteiger partial charge in [-0.15, -0.1) is 0 Å². The highest BCUT2D eigenvalue weighted by Crippen LogP contribution is 2.36. The fraction of sp³-hybridized carbons (Fsp3) is 0.100. The summed E-state index contributed by atoms with van der Waals surface area (Å²) in [5.74, 6) is -0.758. The van der Waals surface area contributed by atoms with Crippen molar-refractivity contribution in [2.75, 3.05) is 13.7 Å². The normalized spacial score (nSPS) is 10.5. The molecule has 0 fully saturated rings. The second-order valence-corrected chi connectivity index (χ2v) is 5.63. The molecule has 0 saturated carbocycles. The number of carbonyl (C=O) groups is 2. The number of amides is 1. The van der Waals surface area contributed by atoms with Crippen LogP contribution in [0.4, 0.5) is 0 Å². The quantitative estimate of drug-likeness (QED) is 0.711. The van der Waals surface area contributed by atoms with Crippen LogP contribution in [0, 0.1) is 0 Å². The third-order valence-electron chi connectivity index (χ3n) is 4.00. The lowest BCUT2D eigenvalue weighted by Crippen LogP contribution is -2.20. The van der Waals surface area contributed by atoms with Crippen molar-refractivity contribution in [3.05, 3.63) is 60.2 Å². The summed E-state index contributed by atoms with van der Waals surface area (Å²) in [6.07, 6.45) is 0. The smallest absolute Gasteiger partial charge is 0.339 e. The average molecular weight is 351 g/mol. The second kappa shape index (κ2) is 7.14. The molecule has 3 N–H and O–H groups in total. The Bertz CT molecular complexity index is 997. The van der Waals surface area contributed by atoms with E-state index < -0.39 is 11.9 Å². The van der Waals surface area contributed by atoms with Crippen LogP contribution in [0.1, 0.15) is 10.4 Å². The lowest BCUT2D eigenvalue weighted by atomic mass is 9.96. The molecular formula is C20H17NO5. The SMILES string of the molecule is COc1cc(-c2ccc(OCC(N)=O)c3ccccc23)ccc1C(=O)O. The fourth-order valence-electron chi connectivity index (χ4n) is 2.83. The molecule has 0 aliphatic rings. The number of carboxylic acid groups (broad SMARTS) is 1. The molecule has 26 heavy (non-hydrogen) atoms. The molecule has 6 nitrogen and oxygen atoms in total. The lowest BCUT2D eigenvalue weighted by Gasteiger charge is -2.13. The van der Waals surface area contributed by atoms with Gasteiger partial charge in [0.25, 0.3) is 5.91 Å². The Morgan fingerprint density at radius 1 is 1.00 bits per heavy atom. The van der Waals surface area contributed by atoms with Crippen LogP contribution in [0.2, 0.25) is 0 Å². The minimum Gasteiger partial charge on any atom is -0.496 e. The van der Waals surface area contributed by atoms with E-state index in [4.69, 9.17) is 15.2 Å². The Kier molecular flexibility index (Phi) is 4.75. The first-order valence-corrected chi connectivity index (χ1v) is 7.86. The Morgan fingerprint density at radius 2 is 1.73 bits per heavy atom. The van der Waals surface area contributed by atoms with Gasteiger partial charge in [0.15, 0.2) is 6.61 Å². The molecule has 0 aromatic heterocycles. The largest absolute Gasteiger partial charge is 0.496 e. The van der Waals surface area contributed by atoms with Crippen LogP contribution < -0.4 is 15.2 Å². The molecule has 0 atom stereocenters. The molecule has 0 unspecified atom stereocenters. The number of carbonyl (C=O) groups excluding carboxylic acids is 1. The zero-order valence-electron chi connectivity index (χ0n) is 14.1. The summed E-state index contributed by atoms with van der Waals surface area (Å²) in [5.41, 5.74) is 6.95. The van der Waals surface area contributed by atoms with E-state index in [0.717, 1.165) is 21.9 Å². The van der Waals surface area contributed by atoms with E-state index in [-0.39, 0.29) is 17.9 Å². The molecule has 0 aliphatic heterocycles. The molecule has 1 amide bonds. The van der Waals surface area contributed by atoms with Crippen LogP contribution in [-0.2, 0) is 4.79 Å². The van der Waals surface area contributed by atoms with E-state index in [2.05, 4.69) is 0 Å². The Balaban J connectivity index is 2.13. The number of aromatic carboxylic acids is 1. The van der Waals surface area contributed by atoms with Crippen LogP contribution in [0.5, 0.6) is 11.5 Å². The van der Waals surface area contributed by atoms with Gasteiger partial charge in [-0.1, -0.05) is 36.4 Å². The predicted octanol–water partition coefficient (Wildman–Crippen LogP) is 3.08. The highest BCUT2D eigenvalue weighted by Gasteiger charge is 2.14. The van der Waals surface area contributed by atoms with Crippen LogP contribution >= 0.6 is 0 Å². The maximum Gasteiger partial charge on any atom is 0.339 e. The molecule has 132 valence electrons. The zero-order valence-corrected chi connectivity index (χ0v) is 14.1. The monoisotopic (exact) mass is 351 g/mol. The summed E-state index contributed by atoms with van der Waals surface area (Å²) in [4.78, 5) is 22.3. The first kappa shape index (κ1) is 17.3. The summed E-state index contributed by atoms with van der Waals surface area (Å²) in [7, 11) is 1.43. The van der Waals surface area contributed by atoms with Crippen molar-refractivity contribution in [1.29, 1.82) is 0 Å². The van der Waals surface area contributed by atoms with Gasteiger partial charge in [0.2, 0.25) is 0 Å². The summed E-state index contributed by atoms with van der Waals surface area (Å²) in [6, 6.07) is 16.1. The molecule has 3 aromatic rings. The number of ether oxygens (including phenoxy) is 2. The van der Waals surface area contributed by atoms with E-state index >= 15 is 0 Å². The van der Waals surface area contributed by atoms with Gasteiger partial charge in [0, 0.05) is 5.39 Å². The molecule has 3 rings (SSSR count).